The highest BCUT2D eigenvalue weighted by atomic mass is 16.6. The summed E-state index contributed by atoms with van der Waals surface area (Å²) in [4.78, 5) is 24.0. The molecule has 1 aliphatic rings. The summed E-state index contributed by atoms with van der Waals surface area (Å²) in [6.45, 7) is 2.52. The van der Waals surface area contributed by atoms with Crippen LogP contribution < -0.4 is 0 Å². The van der Waals surface area contributed by atoms with E-state index in [-0.39, 0.29) is 17.7 Å². The predicted molar refractivity (Wildman–Crippen MR) is 82.4 cm³/mol. The van der Waals surface area contributed by atoms with E-state index < -0.39 is 4.92 Å². The molecule has 6 nitrogen and oxygen atoms in total. The van der Waals surface area contributed by atoms with Gasteiger partial charge in [-0.1, -0.05) is 12.1 Å². The smallest absolute Gasteiger partial charge is 0.269 e. The summed E-state index contributed by atoms with van der Waals surface area (Å²) in [5.74, 6) is 0.0708. The minimum atomic E-state index is -0.429. The Kier molecular flexibility index (Phi) is 5.49. The van der Waals surface area contributed by atoms with Gasteiger partial charge in [-0.25, -0.2) is 0 Å². The molecule has 0 unspecified atom stereocenters. The molecule has 0 radical (unpaired) electrons. The van der Waals surface area contributed by atoms with Crippen molar-refractivity contribution in [1.29, 1.82) is 0 Å². The van der Waals surface area contributed by atoms with Gasteiger partial charge in [-0.3, -0.25) is 14.9 Å². The second-order valence-corrected chi connectivity index (χ2v) is 5.86. The normalized spacial score (nSPS) is 20.8. The molecule has 1 aromatic rings. The lowest BCUT2D eigenvalue weighted by Crippen LogP contribution is -2.27. The number of carbonyl (C=O) groups excluding carboxylic acids is 1. The first-order chi connectivity index (χ1) is 10.5. The average Bonchev–Trinajstić information content (AvgIpc) is 2.91. The van der Waals surface area contributed by atoms with E-state index in [1.54, 1.807) is 24.1 Å². The maximum Gasteiger partial charge on any atom is 0.269 e. The molecule has 0 aromatic heterocycles. The van der Waals surface area contributed by atoms with E-state index in [2.05, 4.69) is 6.92 Å². The number of ether oxygens (including phenoxy) is 1. The van der Waals surface area contributed by atoms with Crippen LogP contribution in [0.3, 0.4) is 0 Å². The van der Waals surface area contributed by atoms with E-state index in [1.807, 2.05) is 0 Å². The van der Waals surface area contributed by atoms with Crippen LogP contribution in [0.2, 0.25) is 0 Å². The van der Waals surface area contributed by atoms with Gasteiger partial charge in [0.15, 0.2) is 0 Å². The van der Waals surface area contributed by atoms with E-state index in [0.717, 1.165) is 24.8 Å². The number of carbonyl (C=O) groups is 1. The lowest BCUT2D eigenvalue weighted by Gasteiger charge is -2.18. The number of rotatable bonds is 6. The van der Waals surface area contributed by atoms with Crippen molar-refractivity contribution in [1.82, 2.24) is 4.90 Å². The summed E-state index contributed by atoms with van der Waals surface area (Å²) in [7, 11) is 1.75. The lowest BCUT2D eigenvalue weighted by atomic mass is 10.1. The fourth-order valence-corrected chi connectivity index (χ4v) is 2.66. The van der Waals surface area contributed by atoms with E-state index >= 15 is 0 Å². The number of hydrogen-bond acceptors (Lipinski definition) is 4. The number of nitro groups is 1. The van der Waals surface area contributed by atoms with Crippen LogP contribution >= 0.6 is 0 Å². The quantitative estimate of drug-likeness (QED) is 0.598. The van der Waals surface area contributed by atoms with Crippen molar-refractivity contribution < 1.29 is 14.5 Å². The monoisotopic (exact) mass is 306 g/mol. The third-order valence-corrected chi connectivity index (χ3v) is 3.99. The van der Waals surface area contributed by atoms with Crippen LogP contribution in [0.15, 0.2) is 24.3 Å². The molecule has 0 bridgehead atoms. The Morgan fingerprint density at radius 2 is 2.05 bits per heavy atom. The zero-order chi connectivity index (χ0) is 16.1. The first kappa shape index (κ1) is 16.4. The van der Waals surface area contributed by atoms with Gasteiger partial charge in [-0.2, -0.15) is 0 Å². The topological polar surface area (TPSA) is 72.7 Å². The molecule has 2 rings (SSSR count). The Labute approximate surface area is 130 Å². The zero-order valence-corrected chi connectivity index (χ0v) is 13.0. The maximum atomic E-state index is 12.1. The SMILES string of the molecule is C[C@@H]1CC[C@@H](CCC(=O)N(C)Cc2ccc([N+](=O)[O-])cc2)O1. The highest BCUT2D eigenvalue weighted by molar-refractivity contribution is 5.75. The van der Waals surface area contributed by atoms with Crippen molar-refractivity contribution in [2.45, 2.75) is 51.4 Å². The van der Waals surface area contributed by atoms with E-state index in [4.69, 9.17) is 4.74 Å². The highest BCUT2D eigenvalue weighted by Crippen LogP contribution is 2.23. The molecule has 2 atom stereocenters. The molecule has 1 amide bonds. The number of hydrogen-bond donors (Lipinski definition) is 0. The minimum Gasteiger partial charge on any atom is -0.375 e. The van der Waals surface area contributed by atoms with Gasteiger partial charge in [0.05, 0.1) is 17.1 Å². The van der Waals surface area contributed by atoms with Crippen molar-refractivity contribution >= 4 is 11.6 Å². The van der Waals surface area contributed by atoms with Gasteiger partial charge in [-0.15, -0.1) is 0 Å². The fraction of sp³-hybridized carbons (Fsp3) is 0.562. The fourth-order valence-electron chi connectivity index (χ4n) is 2.66. The number of benzene rings is 1. The molecular weight excluding hydrogens is 284 g/mol. The van der Waals surface area contributed by atoms with Gasteiger partial charge < -0.3 is 9.64 Å². The molecular formula is C16H22N2O4. The van der Waals surface area contributed by atoms with Gasteiger partial charge in [0, 0.05) is 32.1 Å². The second-order valence-electron chi connectivity index (χ2n) is 5.86. The van der Waals surface area contributed by atoms with Crippen molar-refractivity contribution in [2.75, 3.05) is 7.05 Å². The molecule has 0 N–H and O–H groups in total. The lowest BCUT2D eigenvalue weighted by molar-refractivity contribution is -0.384. The van der Waals surface area contributed by atoms with Crippen LogP contribution in [0, 0.1) is 10.1 Å². The Balaban J connectivity index is 1.79. The molecule has 0 spiro atoms. The van der Waals surface area contributed by atoms with Gasteiger partial charge in [0.1, 0.15) is 0 Å². The van der Waals surface area contributed by atoms with Gasteiger partial charge in [0.2, 0.25) is 5.91 Å². The molecule has 1 heterocycles. The number of nitrogens with zero attached hydrogens (tertiary/aromatic N) is 2. The number of nitro benzene ring substituents is 1. The summed E-state index contributed by atoms with van der Waals surface area (Å²) in [5, 5.41) is 10.6. The van der Waals surface area contributed by atoms with E-state index in [0.29, 0.717) is 19.1 Å². The van der Waals surface area contributed by atoms with E-state index in [1.165, 1.54) is 12.1 Å². The number of non-ortho nitro benzene ring substituents is 1. The Hall–Kier alpha value is -1.95. The van der Waals surface area contributed by atoms with Crippen molar-refractivity contribution in [3.8, 4) is 0 Å². The molecule has 1 saturated heterocycles. The Bertz CT molecular complexity index is 529. The molecule has 6 heteroatoms. The van der Waals surface area contributed by atoms with Gasteiger partial charge in [0.25, 0.3) is 5.69 Å². The van der Waals surface area contributed by atoms with Crippen LogP contribution in [0.25, 0.3) is 0 Å². The summed E-state index contributed by atoms with van der Waals surface area (Å²) in [6.07, 6.45) is 3.83. The summed E-state index contributed by atoms with van der Waals surface area (Å²) in [5.41, 5.74) is 0.942. The summed E-state index contributed by atoms with van der Waals surface area (Å²) < 4.78 is 5.71. The number of amides is 1. The molecule has 0 aliphatic carbocycles. The highest BCUT2D eigenvalue weighted by Gasteiger charge is 2.22. The Morgan fingerprint density at radius 1 is 1.36 bits per heavy atom. The van der Waals surface area contributed by atoms with Crippen molar-refractivity contribution in [3.63, 3.8) is 0 Å². The first-order valence-corrected chi connectivity index (χ1v) is 7.58. The molecule has 1 aliphatic heterocycles. The molecule has 1 fully saturated rings. The van der Waals surface area contributed by atoms with Gasteiger partial charge in [-0.05, 0) is 31.7 Å². The largest absolute Gasteiger partial charge is 0.375 e. The minimum absolute atomic E-state index is 0.0604. The average molecular weight is 306 g/mol. The van der Waals surface area contributed by atoms with Crippen molar-refractivity contribution in [3.05, 3.63) is 39.9 Å². The molecule has 120 valence electrons. The third-order valence-electron chi connectivity index (χ3n) is 3.99. The predicted octanol–water partition coefficient (Wildman–Crippen LogP) is 2.90. The summed E-state index contributed by atoms with van der Waals surface area (Å²) >= 11 is 0. The van der Waals surface area contributed by atoms with Crippen LogP contribution in [0.5, 0.6) is 0 Å². The maximum absolute atomic E-state index is 12.1. The third kappa shape index (κ3) is 4.53. The molecule has 22 heavy (non-hydrogen) atoms. The molecule has 0 saturated carbocycles. The van der Waals surface area contributed by atoms with Gasteiger partial charge >= 0.3 is 0 Å². The van der Waals surface area contributed by atoms with Crippen LogP contribution in [-0.2, 0) is 16.1 Å². The first-order valence-electron chi connectivity index (χ1n) is 7.58. The van der Waals surface area contributed by atoms with E-state index in [9.17, 15) is 14.9 Å². The molecule has 1 aromatic carbocycles. The standard InChI is InChI=1S/C16H22N2O4/c1-12-3-8-15(22-12)9-10-16(19)17(2)11-13-4-6-14(7-5-13)18(20)21/h4-7,12,15H,3,8-11H2,1-2H3/t12-,15+/m1/s1. The van der Waals surface area contributed by atoms with Crippen LogP contribution in [0.1, 0.15) is 38.2 Å². The Morgan fingerprint density at radius 3 is 2.59 bits per heavy atom. The second kappa shape index (κ2) is 7.35. The summed E-state index contributed by atoms with van der Waals surface area (Å²) in [6, 6.07) is 6.29. The zero-order valence-electron chi connectivity index (χ0n) is 13.0. The van der Waals surface area contributed by atoms with Crippen molar-refractivity contribution in [2.24, 2.45) is 0 Å². The van der Waals surface area contributed by atoms with Crippen LogP contribution in [-0.4, -0.2) is 35.0 Å². The van der Waals surface area contributed by atoms with Crippen LogP contribution in [0.4, 0.5) is 5.69 Å².